The topological polar surface area (TPSA) is 92.8 Å². The monoisotopic (exact) mass is 366 g/mol. The molecule has 2 aromatic carbocycles. The molecule has 7 heteroatoms. The molecule has 7 nitrogen and oxygen atoms in total. The fraction of sp³-hybridized carbons (Fsp3) is 0.200. The Morgan fingerprint density at radius 3 is 2.11 bits per heavy atom. The number of nitrogens with zero attached hydrogens (tertiary/aromatic N) is 1. The van der Waals surface area contributed by atoms with Crippen LogP contribution in [0.5, 0.6) is 0 Å². The minimum Gasteiger partial charge on any atom is -0.462 e. The van der Waals surface area contributed by atoms with Gasteiger partial charge in [0.05, 0.1) is 23.3 Å². The molecule has 0 saturated carbocycles. The molecule has 0 unspecified atom stereocenters. The Morgan fingerprint density at radius 1 is 0.963 bits per heavy atom. The summed E-state index contributed by atoms with van der Waals surface area (Å²) in [5.41, 5.74) is 1.42. The van der Waals surface area contributed by atoms with Gasteiger partial charge in [-0.3, -0.25) is 19.3 Å². The maximum atomic E-state index is 12.3. The molecular formula is C20H18N2O5. The largest absolute Gasteiger partial charge is 0.462 e. The lowest BCUT2D eigenvalue weighted by atomic mass is 10.1. The molecule has 1 N–H and O–H groups in total. The number of hydrogen-bond donors (Lipinski definition) is 1. The highest BCUT2D eigenvalue weighted by atomic mass is 16.5. The molecule has 1 aliphatic heterocycles. The molecule has 3 amide bonds. The van der Waals surface area contributed by atoms with Gasteiger partial charge in [-0.25, -0.2) is 4.79 Å². The molecular weight excluding hydrogens is 348 g/mol. The Balaban J connectivity index is 1.61. The second-order valence-corrected chi connectivity index (χ2v) is 6.00. The lowest BCUT2D eigenvalue weighted by Crippen LogP contribution is -2.37. The van der Waals surface area contributed by atoms with Crippen LogP contribution in [-0.2, 0) is 9.53 Å². The summed E-state index contributed by atoms with van der Waals surface area (Å²) >= 11 is 0. The molecule has 0 bridgehead atoms. The molecule has 0 atom stereocenters. The van der Waals surface area contributed by atoms with Crippen molar-refractivity contribution in [3.8, 4) is 0 Å². The maximum absolute atomic E-state index is 12.3. The average molecular weight is 366 g/mol. The number of hydrogen-bond acceptors (Lipinski definition) is 5. The Bertz CT molecular complexity index is 870. The highest BCUT2D eigenvalue weighted by Gasteiger charge is 2.36. The SMILES string of the molecule is CCCOC(=O)c1ccc(NC(=O)CN2C(=O)c3ccccc3C2=O)cc1. The van der Waals surface area contributed by atoms with Crippen LogP contribution in [0.4, 0.5) is 5.69 Å². The molecule has 138 valence electrons. The molecule has 2 aromatic rings. The molecule has 0 aliphatic carbocycles. The number of fused-ring (bicyclic) bond motifs is 1. The van der Waals surface area contributed by atoms with E-state index < -0.39 is 23.7 Å². The number of amides is 3. The van der Waals surface area contributed by atoms with Gasteiger partial charge in [0.15, 0.2) is 0 Å². The van der Waals surface area contributed by atoms with E-state index in [4.69, 9.17) is 4.74 Å². The number of imide groups is 1. The smallest absolute Gasteiger partial charge is 0.338 e. The standard InChI is InChI=1S/C20H18N2O5/c1-2-11-27-20(26)13-7-9-14(10-8-13)21-17(23)12-22-18(24)15-5-3-4-6-16(15)19(22)25/h3-10H,2,11-12H2,1H3,(H,21,23). The second kappa shape index (κ2) is 7.82. The van der Waals surface area contributed by atoms with Gasteiger partial charge in [-0.05, 0) is 42.8 Å². The highest BCUT2D eigenvalue weighted by Crippen LogP contribution is 2.22. The van der Waals surface area contributed by atoms with E-state index in [1.807, 2.05) is 6.92 Å². The van der Waals surface area contributed by atoms with Crippen LogP contribution in [0.3, 0.4) is 0 Å². The van der Waals surface area contributed by atoms with Crippen molar-refractivity contribution in [2.75, 3.05) is 18.5 Å². The lowest BCUT2D eigenvalue weighted by molar-refractivity contribution is -0.116. The van der Waals surface area contributed by atoms with Gasteiger partial charge in [-0.2, -0.15) is 0 Å². The van der Waals surface area contributed by atoms with Gasteiger partial charge in [0.1, 0.15) is 6.54 Å². The van der Waals surface area contributed by atoms with Crippen molar-refractivity contribution in [2.24, 2.45) is 0 Å². The van der Waals surface area contributed by atoms with E-state index in [2.05, 4.69) is 5.32 Å². The summed E-state index contributed by atoms with van der Waals surface area (Å²) in [7, 11) is 0. The van der Waals surface area contributed by atoms with Crippen LogP contribution in [-0.4, -0.2) is 41.7 Å². The molecule has 0 spiro atoms. The van der Waals surface area contributed by atoms with Crippen molar-refractivity contribution in [1.82, 2.24) is 4.90 Å². The van der Waals surface area contributed by atoms with Crippen LogP contribution in [0.1, 0.15) is 44.4 Å². The summed E-state index contributed by atoms with van der Waals surface area (Å²) in [5, 5.41) is 2.61. The van der Waals surface area contributed by atoms with Crippen molar-refractivity contribution in [1.29, 1.82) is 0 Å². The average Bonchev–Trinajstić information content (AvgIpc) is 2.92. The summed E-state index contributed by atoms with van der Waals surface area (Å²) in [5.74, 6) is -1.91. The third-order valence-corrected chi connectivity index (χ3v) is 4.02. The third-order valence-electron chi connectivity index (χ3n) is 4.02. The molecule has 0 radical (unpaired) electrons. The Kier molecular flexibility index (Phi) is 5.30. The van der Waals surface area contributed by atoms with Crippen LogP contribution >= 0.6 is 0 Å². The first kappa shape index (κ1) is 18.3. The van der Waals surface area contributed by atoms with Crippen molar-refractivity contribution in [3.05, 3.63) is 65.2 Å². The van der Waals surface area contributed by atoms with Gasteiger partial charge < -0.3 is 10.1 Å². The number of carbonyl (C=O) groups is 4. The normalized spacial score (nSPS) is 12.7. The van der Waals surface area contributed by atoms with Crippen molar-refractivity contribution in [2.45, 2.75) is 13.3 Å². The zero-order valence-electron chi connectivity index (χ0n) is 14.7. The molecule has 3 rings (SSSR count). The minimum absolute atomic E-state index is 0.297. The minimum atomic E-state index is -0.509. The Labute approximate surface area is 155 Å². The first-order chi connectivity index (χ1) is 13.0. The van der Waals surface area contributed by atoms with E-state index in [9.17, 15) is 19.2 Å². The van der Waals surface area contributed by atoms with Crippen LogP contribution in [0.2, 0.25) is 0 Å². The lowest BCUT2D eigenvalue weighted by Gasteiger charge is -2.13. The molecule has 1 aliphatic rings. The number of rotatable bonds is 6. The first-order valence-electron chi connectivity index (χ1n) is 8.53. The number of esters is 1. The highest BCUT2D eigenvalue weighted by molar-refractivity contribution is 6.22. The van der Waals surface area contributed by atoms with E-state index in [1.54, 1.807) is 36.4 Å². The van der Waals surface area contributed by atoms with Gasteiger partial charge in [-0.1, -0.05) is 19.1 Å². The number of nitrogens with one attached hydrogen (secondary N) is 1. The van der Waals surface area contributed by atoms with Gasteiger partial charge in [0.25, 0.3) is 11.8 Å². The fourth-order valence-corrected chi connectivity index (χ4v) is 2.69. The third kappa shape index (κ3) is 3.87. The van der Waals surface area contributed by atoms with Gasteiger partial charge in [0, 0.05) is 5.69 Å². The van der Waals surface area contributed by atoms with Crippen molar-refractivity contribution >= 4 is 29.4 Å². The molecule has 0 saturated heterocycles. The van der Waals surface area contributed by atoms with Crippen LogP contribution in [0.15, 0.2) is 48.5 Å². The summed E-state index contributed by atoms with van der Waals surface area (Å²) in [6.07, 6.45) is 0.734. The quantitative estimate of drug-likeness (QED) is 0.626. The number of anilines is 1. The Hall–Kier alpha value is -3.48. The second-order valence-electron chi connectivity index (χ2n) is 6.00. The summed E-state index contributed by atoms with van der Waals surface area (Å²) in [6, 6.07) is 12.6. The van der Waals surface area contributed by atoms with E-state index in [1.165, 1.54) is 12.1 Å². The fourth-order valence-electron chi connectivity index (χ4n) is 2.69. The number of benzene rings is 2. The Morgan fingerprint density at radius 2 is 1.56 bits per heavy atom. The zero-order valence-corrected chi connectivity index (χ0v) is 14.7. The molecule has 27 heavy (non-hydrogen) atoms. The summed E-state index contributed by atoms with van der Waals surface area (Å²) in [6.45, 7) is 1.87. The first-order valence-corrected chi connectivity index (χ1v) is 8.53. The predicted octanol–water partition coefficient (Wildman–Crippen LogP) is 2.49. The molecule has 0 fully saturated rings. The van der Waals surface area contributed by atoms with Gasteiger partial charge >= 0.3 is 5.97 Å². The van der Waals surface area contributed by atoms with E-state index in [0.717, 1.165) is 11.3 Å². The number of ether oxygens (including phenoxy) is 1. The van der Waals surface area contributed by atoms with E-state index in [-0.39, 0.29) is 6.54 Å². The maximum Gasteiger partial charge on any atom is 0.338 e. The summed E-state index contributed by atoms with van der Waals surface area (Å²) in [4.78, 5) is 49.4. The summed E-state index contributed by atoms with van der Waals surface area (Å²) < 4.78 is 5.03. The van der Waals surface area contributed by atoms with Crippen molar-refractivity contribution < 1.29 is 23.9 Å². The zero-order chi connectivity index (χ0) is 19.4. The predicted molar refractivity (Wildman–Crippen MR) is 97.5 cm³/mol. The molecule has 1 heterocycles. The van der Waals surface area contributed by atoms with E-state index >= 15 is 0 Å². The van der Waals surface area contributed by atoms with E-state index in [0.29, 0.717) is 29.0 Å². The number of carbonyl (C=O) groups excluding carboxylic acids is 4. The van der Waals surface area contributed by atoms with Crippen LogP contribution < -0.4 is 5.32 Å². The van der Waals surface area contributed by atoms with Gasteiger partial charge in [-0.15, -0.1) is 0 Å². The van der Waals surface area contributed by atoms with Crippen LogP contribution in [0.25, 0.3) is 0 Å². The van der Waals surface area contributed by atoms with Crippen LogP contribution in [0, 0.1) is 0 Å². The van der Waals surface area contributed by atoms with Crippen molar-refractivity contribution in [3.63, 3.8) is 0 Å². The molecule has 0 aromatic heterocycles. The van der Waals surface area contributed by atoms with Gasteiger partial charge in [0.2, 0.25) is 5.91 Å².